The molecule has 7 nitrogen and oxygen atoms in total. The molecule has 1 aliphatic rings. The van der Waals surface area contributed by atoms with Gasteiger partial charge in [0.15, 0.2) is 5.92 Å². The average Bonchev–Trinajstić information content (AvgIpc) is 2.63. The van der Waals surface area contributed by atoms with Gasteiger partial charge in [0, 0.05) is 5.56 Å². The second-order valence-electron chi connectivity index (χ2n) is 5.77. The molecule has 0 aliphatic carbocycles. The third-order valence-corrected chi connectivity index (χ3v) is 4.12. The zero-order valence-electron chi connectivity index (χ0n) is 15.4. The van der Waals surface area contributed by atoms with Gasteiger partial charge in [0.05, 0.1) is 25.2 Å². The molecule has 27 heavy (non-hydrogen) atoms. The molecular formula is C20H22N2O5. The van der Waals surface area contributed by atoms with Crippen molar-refractivity contribution in [1.82, 2.24) is 0 Å². The van der Waals surface area contributed by atoms with Crippen molar-refractivity contribution < 1.29 is 23.8 Å². The van der Waals surface area contributed by atoms with Crippen LogP contribution in [0.4, 0.5) is 0 Å². The highest BCUT2D eigenvalue weighted by atomic mass is 16.5. The lowest BCUT2D eigenvalue weighted by Gasteiger charge is -2.31. The normalized spacial score (nSPS) is 16.4. The summed E-state index contributed by atoms with van der Waals surface area (Å²) in [6.45, 7) is 7.23. The number of allylic oxidation sites excluding steroid dienone is 1. The molecule has 0 saturated carbocycles. The monoisotopic (exact) mass is 370 g/mol. The van der Waals surface area contributed by atoms with Crippen LogP contribution in [-0.2, 0) is 25.5 Å². The van der Waals surface area contributed by atoms with Gasteiger partial charge in [-0.15, -0.1) is 6.58 Å². The molecule has 0 amide bonds. The quantitative estimate of drug-likeness (QED) is 0.579. The molecule has 0 spiro atoms. The molecule has 2 rings (SSSR count). The minimum atomic E-state index is -1.27. The topological polar surface area (TPSA) is 112 Å². The summed E-state index contributed by atoms with van der Waals surface area (Å²) in [6, 6.07) is 7.23. The van der Waals surface area contributed by atoms with Crippen molar-refractivity contribution in [2.75, 3.05) is 13.2 Å². The van der Waals surface area contributed by atoms with Crippen molar-refractivity contribution in [2.24, 2.45) is 11.7 Å². The number of carbonyl (C=O) groups excluding carboxylic acids is 2. The SMILES string of the molecule is C=CCc1cccc2c1OC(N)=C(C(=O)OCC)C2C(C#N)C(=O)OCC. The summed E-state index contributed by atoms with van der Waals surface area (Å²) < 4.78 is 15.8. The van der Waals surface area contributed by atoms with E-state index in [-0.39, 0.29) is 24.7 Å². The Bertz CT molecular complexity index is 822. The summed E-state index contributed by atoms with van der Waals surface area (Å²) >= 11 is 0. The summed E-state index contributed by atoms with van der Waals surface area (Å²) in [5.74, 6) is -3.47. The van der Waals surface area contributed by atoms with Crippen LogP contribution in [0.15, 0.2) is 42.3 Å². The van der Waals surface area contributed by atoms with E-state index >= 15 is 0 Å². The van der Waals surface area contributed by atoms with E-state index in [1.807, 2.05) is 12.1 Å². The molecule has 7 heteroatoms. The zero-order valence-corrected chi connectivity index (χ0v) is 15.4. The van der Waals surface area contributed by atoms with Crippen molar-refractivity contribution in [3.8, 4) is 11.8 Å². The van der Waals surface area contributed by atoms with E-state index in [0.717, 1.165) is 5.56 Å². The maximum absolute atomic E-state index is 12.5. The first-order valence-electron chi connectivity index (χ1n) is 8.63. The summed E-state index contributed by atoms with van der Waals surface area (Å²) in [6.07, 6.45) is 2.19. The van der Waals surface area contributed by atoms with Gasteiger partial charge in [0.1, 0.15) is 11.3 Å². The van der Waals surface area contributed by atoms with Crippen molar-refractivity contribution in [1.29, 1.82) is 5.26 Å². The Labute approximate surface area is 158 Å². The number of hydrogen-bond acceptors (Lipinski definition) is 7. The number of benzene rings is 1. The predicted octanol–water partition coefficient (Wildman–Crippen LogP) is 2.33. The highest BCUT2D eigenvalue weighted by Gasteiger charge is 2.43. The first-order valence-corrected chi connectivity index (χ1v) is 8.63. The second kappa shape index (κ2) is 8.90. The van der Waals surface area contributed by atoms with Crippen LogP contribution in [0.1, 0.15) is 30.9 Å². The first-order chi connectivity index (χ1) is 13.0. The van der Waals surface area contributed by atoms with E-state index in [0.29, 0.717) is 17.7 Å². The van der Waals surface area contributed by atoms with Crippen LogP contribution < -0.4 is 10.5 Å². The second-order valence-corrected chi connectivity index (χ2v) is 5.77. The van der Waals surface area contributed by atoms with Gasteiger partial charge in [0.25, 0.3) is 0 Å². The van der Waals surface area contributed by atoms with E-state index in [9.17, 15) is 14.9 Å². The number of fused-ring (bicyclic) bond motifs is 1. The van der Waals surface area contributed by atoms with E-state index < -0.39 is 23.8 Å². The van der Waals surface area contributed by atoms with Crippen molar-refractivity contribution >= 4 is 11.9 Å². The maximum atomic E-state index is 12.5. The van der Waals surface area contributed by atoms with Crippen LogP contribution in [0.5, 0.6) is 5.75 Å². The molecule has 1 aromatic rings. The van der Waals surface area contributed by atoms with Crippen LogP contribution in [0.3, 0.4) is 0 Å². The summed E-state index contributed by atoms with van der Waals surface area (Å²) in [7, 11) is 0. The molecule has 1 aromatic carbocycles. The zero-order chi connectivity index (χ0) is 20.0. The Kier molecular flexibility index (Phi) is 6.61. The maximum Gasteiger partial charge on any atom is 0.340 e. The minimum Gasteiger partial charge on any atom is -0.465 e. The van der Waals surface area contributed by atoms with Crippen molar-refractivity contribution in [3.05, 3.63) is 53.4 Å². The number of para-hydroxylation sites is 1. The number of nitriles is 1. The number of nitrogens with zero attached hydrogens (tertiary/aromatic N) is 1. The summed E-state index contributed by atoms with van der Waals surface area (Å²) in [5, 5.41) is 9.67. The van der Waals surface area contributed by atoms with Crippen LogP contribution >= 0.6 is 0 Å². The molecule has 2 atom stereocenters. The number of rotatable bonds is 7. The number of ether oxygens (including phenoxy) is 3. The van der Waals surface area contributed by atoms with Crippen LogP contribution in [0.2, 0.25) is 0 Å². The fourth-order valence-electron chi connectivity index (χ4n) is 3.04. The van der Waals surface area contributed by atoms with E-state index in [4.69, 9.17) is 19.9 Å². The van der Waals surface area contributed by atoms with Gasteiger partial charge in [-0.25, -0.2) is 4.79 Å². The number of nitrogens with two attached hydrogens (primary N) is 1. The van der Waals surface area contributed by atoms with Crippen LogP contribution in [0, 0.1) is 17.2 Å². The lowest BCUT2D eigenvalue weighted by Crippen LogP contribution is -2.34. The molecule has 1 heterocycles. The third kappa shape index (κ3) is 3.95. The van der Waals surface area contributed by atoms with Gasteiger partial charge < -0.3 is 19.9 Å². The predicted molar refractivity (Wildman–Crippen MR) is 97.3 cm³/mol. The van der Waals surface area contributed by atoms with Crippen molar-refractivity contribution in [3.63, 3.8) is 0 Å². The molecule has 0 fully saturated rings. The molecular weight excluding hydrogens is 348 g/mol. The molecule has 0 bridgehead atoms. The molecule has 0 saturated heterocycles. The Morgan fingerprint density at radius 3 is 2.67 bits per heavy atom. The van der Waals surface area contributed by atoms with Gasteiger partial charge in [-0.1, -0.05) is 24.3 Å². The first kappa shape index (κ1) is 20.0. The fraction of sp³-hybridized carbons (Fsp3) is 0.350. The third-order valence-electron chi connectivity index (χ3n) is 4.12. The Morgan fingerprint density at radius 2 is 2.07 bits per heavy atom. The van der Waals surface area contributed by atoms with Crippen LogP contribution in [-0.4, -0.2) is 25.2 Å². The molecule has 2 unspecified atom stereocenters. The smallest absolute Gasteiger partial charge is 0.340 e. The average molecular weight is 370 g/mol. The Hall–Kier alpha value is -3.27. The molecule has 0 radical (unpaired) electrons. The van der Waals surface area contributed by atoms with E-state index in [2.05, 4.69) is 6.58 Å². The molecule has 1 aliphatic heterocycles. The molecule has 0 aromatic heterocycles. The van der Waals surface area contributed by atoms with Crippen molar-refractivity contribution in [2.45, 2.75) is 26.2 Å². The minimum absolute atomic E-state index is 0.0558. The molecule has 2 N–H and O–H groups in total. The molecule has 142 valence electrons. The highest BCUT2D eigenvalue weighted by Crippen LogP contribution is 2.45. The number of esters is 2. The van der Waals surface area contributed by atoms with Gasteiger partial charge in [-0.05, 0) is 25.8 Å². The standard InChI is InChI=1S/C20H22N2O5/c1-4-8-12-9-7-10-13-15(14(11-21)19(23)25-5-2)16(20(24)26-6-3)18(22)27-17(12)13/h4,7,9-10,14-15H,1,5-6,8,22H2,2-3H3. The number of hydrogen-bond donors (Lipinski definition) is 1. The van der Waals surface area contributed by atoms with Gasteiger partial charge in [-0.3, -0.25) is 4.79 Å². The van der Waals surface area contributed by atoms with Gasteiger partial charge in [0.2, 0.25) is 5.88 Å². The van der Waals surface area contributed by atoms with Gasteiger partial charge in [-0.2, -0.15) is 5.26 Å². The largest absolute Gasteiger partial charge is 0.465 e. The Morgan fingerprint density at radius 1 is 1.37 bits per heavy atom. The lowest BCUT2D eigenvalue weighted by atomic mass is 9.78. The summed E-state index contributed by atoms with van der Waals surface area (Å²) in [5.41, 5.74) is 7.24. The number of carbonyl (C=O) groups is 2. The van der Waals surface area contributed by atoms with Gasteiger partial charge >= 0.3 is 11.9 Å². The Balaban J connectivity index is 2.67. The van der Waals surface area contributed by atoms with E-state index in [1.54, 1.807) is 32.1 Å². The highest BCUT2D eigenvalue weighted by molar-refractivity contribution is 5.94. The van der Waals surface area contributed by atoms with Crippen LogP contribution in [0.25, 0.3) is 0 Å². The van der Waals surface area contributed by atoms with E-state index in [1.165, 1.54) is 0 Å². The summed E-state index contributed by atoms with van der Waals surface area (Å²) in [4.78, 5) is 24.9. The lowest BCUT2D eigenvalue weighted by molar-refractivity contribution is -0.146. The fourth-order valence-corrected chi connectivity index (χ4v) is 3.04.